The van der Waals surface area contributed by atoms with Gasteiger partial charge >= 0.3 is 6.03 Å². The first-order valence-electron chi connectivity index (χ1n) is 8.64. The molecule has 0 spiro atoms. The summed E-state index contributed by atoms with van der Waals surface area (Å²) in [6.07, 6.45) is 2.39. The Bertz CT molecular complexity index is 779. The Morgan fingerprint density at radius 1 is 1.00 bits per heavy atom. The molecule has 1 unspecified atom stereocenters. The minimum Gasteiger partial charge on any atom is -0.459 e. The van der Waals surface area contributed by atoms with Crippen LogP contribution >= 0.6 is 0 Å². The van der Waals surface area contributed by atoms with Crippen molar-refractivity contribution in [3.63, 3.8) is 0 Å². The van der Waals surface area contributed by atoms with Crippen molar-refractivity contribution >= 4 is 17.6 Å². The van der Waals surface area contributed by atoms with E-state index in [9.17, 15) is 9.59 Å². The molecule has 3 heterocycles. The van der Waals surface area contributed by atoms with E-state index in [1.54, 1.807) is 17.0 Å². The van der Waals surface area contributed by atoms with E-state index in [2.05, 4.69) is 13.0 Å². The summed E-state index contributed by atoms with van der Waals surface area (Å²) in [5, 5.41) is 0. The number of piperazine rings is 1. The van der Waals surface area contributed by atoms with E-state index in [1.807, 2.05) is 28.0 Å². The molecule has 2 aliphatic rings. The highest BCUT2D eigenvalue weighted by Gasteiger charge is 2.35. The van der Waals surface area contributed by atoms with Crippen LogP contribution < -0.4 is 4.90 Å². The van der Waals surface area contributed by atoms with Gasteiger partial charge in [-0.25, -0.2) is 4.79 Å². The Kier molecular flexibility index (Phi) is 3.95. The first kappa shape index (κ1) is 15.7. The van der Waals surface area contributed by atoms with Gasteiger partial charge in [-0.3, -0.25) is 9.69 Å². The summed E-state index contributed by atoms with van der Waals surface area (Å²) in [5.74, 6) is 0.235. The number of nitrogens with zero attached hydrogens (tertiary/aromatic N) is 3. The first-order chi connectivity index (χ1) is 12.1. The molecule has 1 fully saturated rings. The molecular weight excluding hydrogens is 318 g/mol. The van der Waals surface area contributed by atoms with Gasteiger partial charge in [0.25, 0.3) is 5.91 Å². The van der Waals surface area contributed by atoms with E-state index < -0.39 is 0 Å². The van der Waals surface area contributed by atoms with E-state index in [1.165, 1.54) is 11.8 Å². The van der Waals surface area contributed by atoms with Crippen LogP contribution in [0.1, 0.15) is 23.0 Å². The fraction of sp³-hybridized carbons (Fsp3) is 0.368. The number of furan rings is 1. The second-order valence-electron chi connectivity index (χ2n) is 6.59. The van der Waals surface area contributed by atoms with Crippen LogP contribution in [-0.4, -0.2) is 54.0 Å². The van der Waals surface area contributed by atoms with Crippen molar-refractivity contribution in [3.05, 3.63) is 54.0 Å². The van der Waals surface area contributed by atoms with Gasteiger partial charge in [-0.05, 0) is 37.1 Å². The summed E-state index contributed by atoms with van der Waals surface area (Å²) in [6.45, 7) is 4.20. The van der Waals surface area contributed by atoms with Gasteiger partial charge in [-0.15, -0.1) is 0 Å². The van der Waals surface area contributed by atoms with Crippen LogP contribution in [-0.2, 0) is 6.42 Å². The number of anilines is 1. The highest BCUT2D eigenvalue weighted by molar-refractivity contribution is 5.95. The number of amides is 3. The van der Waals surface area contributed by atoms with Crippen LogP contribution in [0.15, 0.2) is 47.1 Å². The lowest BCUT2D eigenvalue weighted by atomic mass is 10.1. The molecule has 0 radical (unpaired) electrons. The quantitative estimate of drug-likeness (QED) is 0.802. The third-order valence-corrected chi connectivity index (χ3v) is 4.98. The number of benzene rings is 1. The van der Waals surface area contributed by atoms with Gasteiger partial charge in [0, 0.05) is 37.9 Å². The molecule has 1 aromatic heterocycles. The van der Waals surface area contributed by atoms with Gasteiger partial charge in [0.2, 0.25) is 0 Å². The van der Waals surface area contributed by atoms with Gasteiger partial charge in [0.1, 0.15) is 0 Å². The Hall–Kier alpha value is -2.76. The molecule has 0 aliphatic carbocycles. The average Bonchev–Trinajstić information content (AvgIpc) is 3.27. The summed E-state index contributed by atoms with van der Waals surface area (Å²) in [7, 11) is 0. The Morgan fingerprint density at radius 2 is 1.72 bits per heavy atom. The lowest BCUT2D eigenvalue weighted by Crippen LogP contribution is -2.55. The highest BCUT2D eigenvalue weighted by Crippen LogP contribution is 2.32. The van der Waals surface area contributed by atoms with Gasteiger partial charge in [0.15, 0.2) is 5.76 Å². The molecule has 2 aliphatic heterocycles. The summed E-state index contributed by atoms with van der Waals surface area (Å²) in [6, 6.07) is 11.6. The molecule has 0 N–H and O–H groups in total. The van der Waals surface area contributed by atoms with E-state index in [-0.39, 0.29) is 18.0 Å². The average molecular weight is 339 g/mol. The second-order valence-corrected chi connectivity index (χ2v) is 6.59. The Morgan fingerprint density at radius 3 is 2.44 bits per heavy atom. The summed E-state index contributed by atoms with van der Waals surface area (Å²) in [5.41, 5.74) is 2.23. The van der Waals surface area contributed by atoms with Gasteiger partial charge in [0.05, 0.1) is 6.26 Å². The largest absolute Gasteiger partial charge is 0.459 e. The standard InChI is InChI=1S/C19H21N3O3/c1-14-13-15-5-2-3-6-16(15)22(14)19(24)21-10-8-20(9-11-21)18(23)17-7-4-12-25-17/h2-7,12,14H,8-11,13H2,1H3. The smallest absolute Gasteiger partial charge is 0.324 e. The number of para-hydroxylation sites is 1. The maximum absolute atomic E-state index is 13.0. The zero-order valence-electron chi connectivity index (χ0n) is 14.2. The maximum Gasteiger partial charge on any atom is 0.324 e. The van der Waals surface area contributed by atoms with Crippen molar-refractivity contribution in [2.45, 2.75) is 19.4 Å². The lowest BCUT2D eigenvalue weighted by molar-refractivity contribution is 0.0637. The number of carbonyl (C=O) groups is 2. The molecule has 1 aromatic carbocycles. The number of hydrogen-bond donors (Lipinski definition) is 0. The molecule has 6 heteroatoms. The van der Waals surface area contributed by atoms with Crippen molar-refractivity contribution in [2.75, 3.05) is 31.1 Å². The monoisotopic (exact) mass is 339 g/mol. The van der Waals surface area contributed by atoms with E-state index in [0.29, 0.717) is 31.9 Å². The topological polar surface area (TPSA) is 57.0 Å². The normalized spacial score (nSPS) is 19.9. The number of rotatable bonds is 1. The minimum atomic E-state index is -0.114. The van der Waals surface area contributed by atoms with Gasteiger partial charge < -0.3 is 14.2 Å². The van der Waals surface area contributed by atoms with Crippen LogP contribution in [0.2, 0.25) is 0 Å². The summed E-state index contributed by atoms with van der Waals surface area (Å²) < 4.78 is 5.18. The molecule has 3 amide bonds. The zero-order chi connectivity index (χ0) is 17.4. The highest BCUT2D eigenvalue weighted by atomic mass is 16.3. The fourth-order valence-corrected chi connectivity index (χ4v) is 3.67. The third-order valence-electron chi connectivity index (χ3n) is 4.98. The third kappa shape index (κ3) is 2.77. The number of fused-ring (bicyclic) bond motifs is 1. The second kappa shape index (κ2) is 6.27. The first-order valence-corrected chi connectivity index (χ1v) is 8.64. The summed E-state index contributed by atoms with van der Waals surface area (Å²) in [4.78, 5) is 30.8. The Balaban J connectivity index is 1.43. The van der Waals surface area contributed by atoms with Gasteiger partial charge in [-0.1, -0.05) is 18.2 Å². The van der Waals surface area contributed by atoms with Crippen LogP contribution in [0.3, 0.4) is 0 Å². The molecule has 2 aromatic rings. The molecule has 6 nitrogen and oxygen atoms in total. The number of urea groups is 1. The van der Waals surface area contributed by atoms with Crippen LogP contribution in [0, 0.1) is 0 Å². The van der Waals surface area contributed by atoms with Crippen molar-refractivity contribution in [2.24, 2.45) is 0 Å². The molecule has 1 saturated heterocycles. The predicted molar refractivity (Wildman–Crippen MR) is 93.7 cm³/mol. The van der Waals surface area contributed by atoms with Gasteiger partial charge in [-0.2, -0.15) is 0 Å². The van der Waals surface area contributed by atoms with E-state index >= 15 is 0 Å². The van der Waals surface area contributed by atoms with Crippen molar-refractivity contribution < 1.29 is 14.0 Å². The zero-order valence-corrected chi connectivity index (χ0v) is 14.2. The minimum absolute atomic E-state index is 0.0301. The molecule has 1 atom stereocenters. The lowest BCUT2D eigenvalue weighted by Gasteiger charge is -2.37. The number of hydrogen-bond acceptors (Lipinski definition) is 3. The maximum atomic E-state index is 13.0. The molecule has 130 valence electrons. The van der Waals surface area contributed by atoms with Crippen molar-refractivity contribution in [1.82, 2.24) is 9.80 Å². The fourth-order valence-electron chi connectivity index (χ4n) is 3.67. The van der Waals surface area contributed by atoms with Crippen LogP contribution in [0.5, 0.6) is 0 Å². The van der Waals surface area contributed by atoms with E-state index in [4.69, 9.17) is 4.42 Å². The van der Waals surface area contributed by atoms with Crippen LogP contribution in [0.25, 0.3) is 0 Å². The van der Waals surface area contributed by atoms with Crippen molar-refractivity contribution in [3.8, 4) is 0 Å². The predicted octanol–water partition coefficient (Wildman–Crippen LogP) is 2.61. The molecule has 0 bridgehead atoms. The SMILES string of the molecule is CC1Cc2ccccc2N1C(=O)N1CCN(C(=O)c2ccco2)CC1. The van der Waals surface area contributed by atoms with E-state index in [0.717, 1.165) is 12.1 Å². The molecule has 25 heavy (non-hydrogen) atoms. The summed E-state index contributed by atoms with van der Waals surface area (Å²) >= 11 is 0. The van der Waals surface area contributed by atoms with Crippen molar-refractivity contribution in [1.29, 1.82) is 0 Å². The molecule has 4 rings (SSSR count). The molecular formula is C19H21N3O3. The molecule has 0 saturated carbocycles. The number of carbonyl (C=O) groups excluding carboxylic acids is 2. The Labute approximate surface area is 146 Å². The van der Waals surface area contributed by atoms with Crippen LogP contribution in [0.4, 0.5) is 10.5 Å².